The number of aldehydes is 1. The number of carbonyl (C=O) groups is 1. The molecule has 70 valence electrons. The summed E-state index contributed by atoms with van der Waals surface area (Å²) in [4.78, 5) is 12.4. The van der Waals surface area contributed by atoms with Crippen molar-refractivity contribution in [2.45, 2.75) is 31.9 Å². The van der Waals surface area contributed by atoms with Crippen LogP contribution in [0.5, 0.6) is 0 Å². The summed E-state index contributed by atoms with van der Waals surface area (Å²) in [5.74, 6) is 0. The van der Waals surface area contributed by atoms with Crippen LogP contribution in [0, 0.1) is 0 Å². The van der Waals surface area contributed by atoms with Gasteiger partial charge in [-0.25, -0.2) is 0 Å². The zero-order chi connectivity index (χ0) is 8.97. The van der Waals surface area contributed by atoms with Crippen molar-refractivity contribution < 1.29 is 9.53 Å². The van der Waals surface area contributed by atoms with E-state index >= 15 is 0 Å². The minimum atomic E-state index is 0.321. The van der Waals surface area contributed by atoms with E-state index in [4.69, 9.17) is 4.74 Å². The van der Waals surface area contributed by atoms with Crippen molar-refractivity contribution in [2.24, 2.45) is 0 Å². The van der Waals surface area contributed by atoms with Crippen molar-refractivity contribution in [2.75, 3.05) is 20.2 Å². The lowest BCUT2D eigenvalue weighted by molar-refractivity contribution is -0.108. The fourth-order valence-corrected chi connectivity index (χ4v) is 1.72. The lowest BCUT2D eigenvalue weighted by atomic mass is 10.1. The molecular weight excluding hydrogens is 154 g/mol. The Labute approximate surface area is 73.7 Å². The van der Waals surface area contributed by atoms with Crippen LogP contribution in [-0.4, -0.2) is 43.5 Å². The first kappa shape index (κ1) is 9.68. The highest BCUT2D eigenvalue weighted by molar-refractivity contribution is 5.49. The van der Waals surface area contributed by atoms with Crippen molar-refractivity contribution >= 4 is 6.29 Å². The van der Waals surface area contributed by atoms with E-state index in [0.717, 1.165) is 25.9 Å². The molecule has 2 unspecified atom stereocenters. The minimum Gasteiger partial charge on any atom is -0.377 e. The molecule has 3 heteroatoms. The van der Waals surface area contributed by atoms with Gasteiger partial charge in [-0.2, -0.15) is 0 Å². The van der Waals surface area contributed by atoms with E-state index in [1.165, 1.54) is 0 Å². The summed E-state index contributed by atoms with van der Waals surface area (Å²) in [5.41, 5.74) is 0. The van der Waals surface area contributed by atoms with Gasteiger partial charge in [0.15, 0.2) is 0 Å². The van der Waals surface area contributed by atoms with Crippen molar-refractivity contribution in [3.8, 4) is 0 Å². The largest absolute Gasteiger partial charge is 0.377 e. The van der Waals surface area contributed by atoms with Gasteiger partial charge in [-0.05, 0) is 20.4 Å². The highest BCUT2D eigenvalue weighted by Crippen LogP contribution is 2.17. The Balaban J connectivity index is 2.29. The second kappa shape index (κ2) is 4.58. The van der Waals surface area contributed by atoms with Crippen LogP contribution in [0.1, 0.15) is 19.8 Å². The SMILES string of the molecule is CC1OCCC1N(C)CCC=O. The fourth-order valence-electron chi connectivity index (χ4n) is 1.72. The standard InChI is InChI=1S/C9H17NO2/c1-8-9(4-7-12-8)10(2)5-3-6-11/h6,8-9H,3-5,7H2,1-2H3. The molecule has 0 saturated carbocycles. The molecule has 0 amide bonds. The molecule has 2 atom stereocenters. The van der Waals surface area contributed by atoms with E-state index in [1.54, 1.807) is 0 Å². The van der Waals surface area contributed by atoms with Crippen LogP contribution < -0.4 is 0 Å². The second-order valence-corrected chi connectivity index (χ2v) is 3.37. The predicted molar refractivity (Wildman–Crippen MR) is 47.1 cm³/mol. The van der Waals surface area contributed by atoms with E-state index in [2.05, 4.69) is 18.9 Å². The summed E-state index contributed by atoms with van der Waals surface area (Å²) in [6, 6.07) is 0.505. The molecule has 12 heavy (non-hydrogen) atoms. The topological polar surface area (TPSA) is 29.5 Å². The molecule has 1 fully saturated rings. The molecule has 1 aliphatic heterocycles. The third-order valence-corrected chi connectivity index (χ3v) is 2.50. The Morgan fingerprint density at radius 2 is 2.42 bits per heavy atom. The highest BCUT2D eigenvalue weighted by Gasteiger charge is 2.27. The normalized spacial score (nSPS) is 29.6. The zero-order valence-corrected chi connectivity index (χ0v) is 7.82. The first-order valence-corrected chi connectivity index (χ1v) is 4.51. The number of likely N-dealkylation sites (N-methyl/N-ethyl adjacent to an activating group) is 1. The van der Waals surface area contributed by atoms with Gasteiger partial charge in [0, 0.05) is 25.6 Å². The van der Waals surface area contributed by atoms with E-state index in [-0.39, 0.29) is 0 Å². The first-order chi connectivity index (χ1) is 5.75. The lowest BCUT2D eigenvalue weighted by Gasteiger charge is -2.25. The molecule has 0 bridgehead atoms. The highest BCUT2D eigenvalue weighted by atomic mass is 16.5. The van der Waals surface area contributed by atoms with Crippen molar-refractivity contribution in [1.29, 1.82) is 0 Å². The maximum Gasteiger partial charge on any atom is 0.121 e. The Hall–Kier alpha value is -0.410. The maximum absolute atomic E-state index is 10.1. The van der Waals surface area contributed by atoms with Crippen LogP contribution >= 0.6 is 0 Å². The molecule has 0 spiro atoms. The number of nitrogens with zero attached hydrogens (tertiary/aromatic N) is 1. The first-order valence-electron chi connectivity index (χ1n) is 4.51. The predicted octanol–water partition coefficient (Wildman–Crippen LogP) is 0.685. The number of ether oxygens (including phenoxy) is 1. The summed E-state index contributed by atoms with van der Waals surface area (Å²) >= 11 is 0. The average molecular weight is 171 g/mol. The van der Waals surface area contributed by atoms with Crippen LogP contribution in [0.3, 0.4) is 0 Å². The molecule has 3 nitrogen and oxygen atoms in total. The van der Waals surface area contributed by atoms with E-state index < -0.39 is 0 Å². The molecule has 0 aromatic heterocycles. The van der Waals surface area contributed by atoms with Gasteiger partial charge >= 0.3 is 0 Å². The lowest BCUT2D eigenvalue weighted by Crippen LogP contribution is -2.37. The van der Waals surface area contributed by atoms with Gasteiger partial charge in [0.05, 0.1) is 6.10 Å². The van der Waals surface area contributed by atoms with Crippen molar-refractivity contribution in [3.05, 3.63) is 0 Å². The van der Waals surface area contributed by atoms with Crippen LogP contribution in [-0.2, 0) is 9.53 Å². The van der Waals surface area contributed by atoms with Gasteiger partial charge < -0.3 is 14.4 Å². The smallest absolute Gasteiger partial charge is 0.121 e. The number of hydrogen-bond donors (Lipinski definition) is 0. The van der Waals surface area contributed by atoms with E-state index in [1.807, 2.05) is 0 Å². The third kappa shape index (κ3) is 2.29. The van der Waals surface area contributed by atoms with Gasteiger partial charge in [-0.1, -0.05) is 0 Å². The Morgan fingerprint density at radius 1 is 1.67 bits per heavy atom. The molecule has 1 rings (SSSR count). The fraction of sp³-hybridized carbons (Fsp3) is 0.889. The van der Waals surface area contributed by atoms with E-state index in [0.29, 0.717) is 18.6 Å². The Kier molecular flexibility index (Phi) is 3.69. The molecule has 1 aliphatic rings. The van der Waals surface area contributed by atoms with Gasteiger partial charge in [0.25, 0.3) is 0 Å². The van der Waals surface area contributed by atoms with Crippen molar-refractivity contribution in [1.82, 2.24) is 4.90 Å². The Morgan fingerprint density at radius 3 is 2.92 bits per heavy atom. The number of hydrogen-bond acceptors (Lipinski definition) is 3. The van der Waals surface area contributed by atoms with Crippen LogP contribution in [0.2, 0.25) is 0 Å². The molecule has 1 saturated heterocycles. The molecule has 0 N–H and O–H groups in total. The van der Waals surface area contributed by atoms with Gasteiger partial charge in [0.2, 0.25) is 0 Å². The molecule has 0 aliphatic carbocycles. The average Bonchev–Trinajstić information content (AvgIpc) is 2.47. The monoisotopic (exact) mass is 171 g/mol. The number of rotatable bonds is 4. The summed E-state index contributed by atoms with van der Waals surface area (Å²) in [5, 5.41) is 0. The minimum absolute atomic E-state index is 0.321. The summed E-state index contributed by atoms with van der Waals surface area (Å²) in [6.45, 7) is 3.80. The summed E-state index contributed by atoms with van der Waals surface area (Å²) in [6.07, 6.45) is 3.01. The zero-order valence-electron chi connectivity index (χ0n) is 7.82. The van der Waals surface area contributed by atoms with Gasteiger partial charge in [-0.15, -0.1) is 0 Å². The molecule has 1 heterocycles. The summed E-state index contributed by atoms with van der Waals surface area (Å²) < 4.78 is 5.44. The second-order valence-electron chi connectivity index (χ2n) is 3.37. The quantitative estimate of drug-likeness (QED) is 0.583. The van der Waals surface area contributed by atoms with E-state index in [9.17, 15) is 4.79 Å². The molecule has 0 aromatic carbocycles. The van der Waals surface area contributed by atoms with Gasteiger partial charge in [-0.3, -0.25) is 0 Å². The maximum atomic E-state index is 10.1. The van der Waals surface area contributed by atoms with Gasteiger partial charge in [0.1, 0.15) is 6.29 Å². The van der Waals surface area contributed by atoms with Crippen LogP contribution in [0.4, 0.5) is 0 Å². The number of carbonyl (C=O) groups excluding carboxylic acids is 1. The summed E-state index contributed by atoms with van der Waals surface area (Å²) in [7, 11) is 2.05. The molecule has 0 radical (unpaired) electrons. The Bertz CT molecular complexity index is 149. The van der Waals surface area contributed by atoms with Crippen LogP contribution in [0.15, 0.2) is 0 Å². The van der Waals surface area contributed by atoms with Crippen molar-refractivity contribution in [3.63, 3.8) is 0 Å². The molecular formula is C9H17NO2. The third-order valence-electron chi connectivity index (χ3n) is 2.50. The molecule has 0 aromatic rings. The van der Waals surface area contributed by atoms with Crippen LogP contribution in [0.25, 0.3) is 0 Å².